The average molecular weight is 204 g/mol. The van der Waals surface area contributed by atoms with E-state index in [4.69, 9.17) is 5.73 Å². The average Bonchev–Trinajstić information content (AvgIpc) is 2.20. The van der Waals surface area contributed by atoms with Crippen molar-refractivity contribution in [3.8, 4) is 0 Å². The van der Waals surface area contributed by atoms with Crippen molar-refractivity contribution in [1.82, 2.24) is 4.90 Å². The van der Waals surface area contributed by atoms with Gasteiger partial charge in [0.25, 0.3) is 0 Å². The summed E-state index contributed by atoms with van der Waals surface area (Å²) in [7, 11) is 0. The molecule has 3 nitrogen and oxygen atoms in total. The van der Waals surface area contributed by atoms with Crippen LogP contribution in [0.1, 0.15) is 24.5 Å². The molecule has 3 heteroatoms. The molecule has 1 aliphatic heterocycles. The summed E-state index contributed by atoms with van der Waals surface area (Å²) in [6.45, 7) is 3.64. The van der Waals surface area contributed by atoms with Gasteiger partial charge >= 0.3 is 0 Å². The van der Waals surface area contributed by atoms with Crippen LogP contribution in [0.15, 0.2) is 18.2 Å². The standard InChI is InChI=1S/C12H16N2O/c1-2-5-14-8-10-6-11(13)4-3-9(10)7-12(14)15/h3-4,6H,2,5,7-8,13H2,1H3. The Morgan fingerprint density at radius 3 is 2.93 bits per heavy atom. The second-order valence-electron chi connectivity index (χ2n) is 4.02. The zero-order valence-corrected chi connectivity index (χ0v) is 8.99. The van der Waals surface area contributed by atoms with Crippen molar-refractivity contribution in [2.75, 3.05) is 12.3 Å². The summed E-state index contributed by atoms with van der Waals surface area (Å²) in [5.74, 6) is 0.231. The first-order valence-electron chi connectivity index (χ1n) is 5.35. The molecule has 0 unspecified atom stereocenters. The van der Waals surface area contributed by atoms with Gasteiger partial charge in [0, 0.05) is 18.8 Å². The first kappa shape index (κ1) is 10.0. The summed E-state index contributed by atoms with van der Waals surface area (Å²) >= 11 is 0. The predicted molar refractivity (Wildman–Crippen MR) is 60.3 cm³/mol. The monoisotopic (exact) mass is 204 g/mol. The molecule has 2 rings (SSSR count). The van der Waals surface area contributed by atoms with Gasteiger partial charge < -0.3 is 10.6 Å². The number of rotatable bonds is 2. The molecule has 0 aliphatic carbocycles. The molecule has 0 atom stereocenters. The Labute approximate surface area is 89.9 Å². The van der Waals surface area contributed by atoms with Crippen LogP contribution < -0.4 is 5.73 Å². The minimum Gasteiger partial charge on any atom is -0.399 e. The summed E-state index contributed by atoms with van der Waals surface area (Å²) in [6, 6.07) is 5.80. The summed E-state index contributed by atoms with van der Waals surface area (Å²) in [5, 5.41) is 0. The highest BCUT2D eigenvalue weighted by Crippen LogP contribution is 2.22. The Morgan fingerprint density at radius 1 is 1.40 bits per heavy atom. The van der Waals surface area contributed by atoms with Gasteiger partial charge in [0.1, 0.15) is 0 Å². The fourth-order valence-electron chi connectivity index (χ4n) is 2.01. The van der Waals surface area contributed by atoms with Crippen molar-refractivity contribution in [2.24, 2.45) is 0 Å². The van der Waals surface area contributed by atoms with E-state index in [2.05, 4.69) is 6.92 Å². The van der Waals surface area contributed by atoms with Gasteiger partial charge in [-0.05, 0) is 29.7 Å². The number of nitrogens with zero attached hydrogens (tertiary/aromatic N) is 1. The molecule has 0 spiro atoms. The van der Waals surface area contributed by atoms with Crippen molar-refractivity contribution < 1.29 is 4.79 Å². The maximum absolute atomic E-state index is 11.7. The maximum atomic E-state index is 11.7. The van der Waals surface area contributed by atoms with E-state index in [-0.39, 0.29) is 5.91 Å². The van der Waals surface area contributed by atoms with Crippen LogP contribution in [-0.4, -0.2) is 17.4 Å². The van der Waals surface area contributed by atoms with Crippen molar-refractivity contribution in [3.05, 3.63) is 29.3 Å². The third-order valence-corrected chi connectivity index (χ3v) is 2.78. The maximum Gasteiger partial charge on any atom is 0.227 e. The Kier molecular flexibility index (Phi) is 2.62. The lowest BCUT2D eigenvalue weighted by molar-refractivity contribution is -0.131. The van der Waals surface area contributed by atoms with E-state index in [1.165, 1.54) is 5.56 Å². The normalized spacial score (nSPS) is 15.3. The fourth-order valence-corrected chi connectivity index (χ4v) is 2.01. The Bertz CT molecular complexity index is 387. The van der Waals surface area contributed by atoms with Crippen molar-refractivity contribution in [2.45, 2.75) is 26.3 Å². The zero-order chi connectivity index (χ0) is 10.8. The molecule has 0 radical (unpaired) electrons. The van der Waals surface area contributed by atoms with Crippen LogP contribution >= 0.6 is 0 Å². The molecule has 1 aromatic carbocycles. The number of hydrogen-bond donors (Lipinski definition) is 1. The minimum absolute atomic E-state index is 0.231. The lowest BCUT2D eigenvalue weighted by Crippen LogP contribution is -2.36. The minimum atomic E-state index is 0.231. The topological polar surface area (TPSA) is 46.3 Å². The predicted octanol–water partition coefficient (Wildman–Crippen LogP) is 1.56. The third kappa shape index (κ3) is 1.96. The number of anilines is 1. The first-order valence-corrected chi connectivity index (χ1v) is 5.35. The van der Waals surface area contributed by atoms with E-state index in [0.29, 0.717) is 13.0 Å². The van der Waals surface area contributed by atoms with E-state index in [9.17, 15) is 4.79 Å². The molecule has 1 heterocycles. The molecule has 15 heavy (non-hydrogen) atoms. The number of amides is 1. The first-order chi connectivity index (χ1) is 7.20. The van der Waals surface area contributed by atoms with Gasteiger partial charge in [-0.3, -0.25) is 4.79 Å². The van der Waals surface area contributed by atoms with Gasteiger partial charge in [-0.15, -0.1) is 0 Å². The summed E-state index contributed by atoms with van der Waals surface area (Å²) in [5.41, 5.74) is 8.83. The van der Waals surface area contributed by atoms with E-state index in [1.54, 1.807) is 0 Å². The molecule has 1 aromatic rings. The lowest BCUT2D eigenvalue weighted by atomic mass is 9.98. The molecular formula is C12H16N2O. The molecule has 1 aliphatic rings. The fraction of sp³-hybridized carbons (Fsp3) is 0.417. The van der Waals surface area contributed by atoms with E-state index in [0.717, 1.165) is 24.2 Å². The number of carbonyl (C=O) groups excluding carboxylic acids is 1. The zero-order valence-electron chi connectivity index (χ0n) is 8.99. The van der Waals surface area contributed by atoms with Crippen molar-refractivity contribution in [1.29, 1.82) is 0 Å². The summed E-state index contributed by atoms with van der Waals surface area (Å²) in [6.07, 6.45) is 1.53. The highest BCUT2D eigenvalue weighted by atomic mass is 16.2. The molecule has 0 fully saturated rings. The van der Waals surface area contributed by atoms with Gasteiger partial charge in [0.15, 0.2) is 0 Å². The quantitative estimate of drug-likeness (QED) is 0.743. The molecule has 0 bridgehead atoms. The van der Waals surface area contributed by atoms with Crippen molar-refractivity contribution >= 4 is 11.6 Å². The summed E-state index contributed by atoms with van der Waals surface area (Å²) in [4.78, 5) is 13.6. The van der Waals surface area contributed by atoms with Crippen LogP contribution in [0.5, 0.6) is 0 Å². The smallest absolute Gasteiger partial charge is 0.227 e. The van der Waals surface area contributed by atoms with Crippen LogP contribution in [0.2, 0.25) is 0 Å². The van der Waals surface area contributed by atoms with Crippen LogP contribution in [0, 0.1) is 0 Å². The second-order valence-corrected chi connectivity index (χ2v) is 4.02. The Morgan fingerprint density at radius 2 is 2.20 bits per heavy atom. The number of carbonyl (C=O) groups is 1. The van der Waals surface area contributed by atoms with Gasteiger partial charge in [-0.25, -0.2) is 0 Å². The molecule has 0 saturated heterocycles. The van der Waals surface area contributed by atoms with Gasteiger partial charge in [-0.2, -0.15) is 0 Å². The third-order valence-electron chi connectivity index (χ3n) is 2.78. The van der Waals surface area contributed by atoms with Crippen LogP contribution in [-0.2, 0) is 17.8 Å². The van der Waals surface area contributed by atoms with Gasteiger partial charge in [0.2, 0.25) is 5.91 Å². The van der Waals surface area contributed by atoms with Crippen LogP contribution in [0.25, 0.3) is 0 Å². The van der Waals surface area contributed by atoms with Gasteiger partial charge in [0.05, 0.1) is 6.42 Å². The Hall–Kier alpha value is -1.51. The van der Waals surface area contributed by atoms with Crippen LogP contribution in [0.4, 0.5) is 5.69 Å². The Balaban J connectivity index is 2.26. The highest BCUT2D eigenvalue weighted by molar-refractivity contribution is 5.81. The summed E-state index contributed by atoms with van der Waals surface area (Å²) < 4.78 is 0. The number of nitrogen functional groups attached to an aromatic ring is 1. The SMILES string of the molecule is CCCN1Cc2cc(N)ccc2CC1=O. The number of benzene rings is 1. The second kappa shape index (κ2) is 3.93. The largest absolute Gasteiger partial charge is 0.399 e. The number of hydrogen-bond acceptors (Lipinski definition) is 2. The molecule has 2 N–H and O–H groups in total. The van der Waals surface area contributed by atoms with E-state index >= 15 is 0 Å². The molecule has 80 valence electrons. The number of nitrogens with two attached hydrogens (primary N) is 1. The van der Waals surface area contributed by atoms with E-state index in [1.807, 2.05) is 23.1 Å². The van der Waals surface area contributed by atoms with Crippen LogP contribution in [0.3, 0.4) is 0 Å². The molecule has 0 aromatic heterocycles. The van der Waals surface area contributed by atoms with Gasteiger partial charge in [-0.1, -0.05) is 13.0 Å². The molecular weight excluding hydrogens is 188 g/mol. The lowest BCUT2D eigenvalue weighted by Gasteiger charge is -2.28. The number of fused-ring (bicyclic) bond motifs is 1. The highest BCUT2D eigenvalue weighted by Gasteiger charge is 2.21. The molecule has 0 saturated carbocycles. The van der Waals surface area contributed by atoms with Crippen molar-refractivity contribution in [3.63, 3.8) is 0 Å². The molecule has 1 amide bonds. The van der Waals surface area contributed by atoms with E-state index < -0.39 is 0 Å².